The first-order valence-electron chi connectivity index (χ1n) is 11.1. The molecule has 1 heterocycles. The Balaban J connectivity index is 0.00000176. The summed E-state index contributed by atoms with van der Waals surface area (Å²) in [5, 5.41) is 5.59. The molecule has 1 aliphatic rings. The van der Waals surface area contributed by atoms with E-state index in [1.54, 1.807) is 24.3 Å². The minimum absolute atomic E-state index is 0.00437. The highest BCUT2D eigenvalue weighted by Gasteiger charge is 2.34. The highest BCUT2D eigenvalue weighted by molar-refractivity contribution is 5.97. The normalized spacial score (nSPS) is 15.5. The maximum absolute atomic E-state index is 13.3. The fourth-order valence-electron chi connectivity index (χ4n) is 3.73. The second-order valence-corrected chi connectivity index (χ2v) is 7.86. The van der Waals surface area contributed by atoms with Crippen LogP contribution in [0.3, 0.4) is 0 Å². The predicted octanol–water partition coefficient (Wildman–Crippen LogP) is 8.35. The van der Waals surface area contributed by atoms with E-state index in [9.17, 15) is 31.1 Å². The number of amides is 1. The largest absolute Gasteiger partial charge is 0.457 e. The fourth-order valence-corrected chi connectivity index (χ4v) is 3.73. The zero-order chi connectivity index (χ0) is 26.7. The van der Waals surface area contributed by atoms with Gasteiger partial charge in [0.15, 0.2) is 0 Å². The molecule has 3 aromatic carbocycles. The van der Waals surface area contributed by atoms with Crippen molar-refractivity contribution < 1.29 is 35.9 Å². The lowest BCUT2D eigenvalue weighted by molar-refractivity contribution is -0.138. The van der Waals surface area contributed by atoms with Crippen LogP contribution in [0.2, 0.25) is 0 Å². The van der Waals surface area contributed by atoms with Crippen molar-refractivity contribution in [1.82, 2.24) is 0 Å². The average molecular weight is 510 g/mol. The van der Waals surface area contributed by atoms with Gasteiger partial charge >= 0.3 is 12.4 Å². The van der Waals surface area contributed by atoms with Gasteiger partial charge in [-0.05, 0) is 60.5 Å². The number of carbonyl (C=O) groups is 1. The van der Waals surface area contributed by atoms with Crippen LogP contribution >= 0.6 is 0 Å². The number of benzene rings is 3. The van der Waals surface area contributed by atoms with E-state index in [-0.39, 0.29) is 29.2 Å². The Hall–Kier alpha value is -3.69. The molecule has 0 aliphatic carbocycles. The topological polar surface area (TPSA) is 50.4 Å². The Morgan fingerprint density at radius 3 is 2.11 bits per heavy atom. The van der Waals surface area contributed by atoms with Crippen LogP contribution in [0.1, 0.15) is 48.6 Å². The van der Waals surface area contributed by atoms with Crippen LogP contribution in [0.4, 0.5) is 37.7 Å². The Morgan fingerprint density at radius 2 is 1.47 bits per heavy atom. The minimum atomic E-state index is -4.56. The first-order chi connectivity index (χ1) is 16.9. The van der Waals surface area contributed by atoms with Crippen LogP contribution in [0.15, 0.2) is 60.7 Å². The Labute approximate surface area is 204 Å². The number of nitrogens with one attached hydrogen (secondary N) is 2. The molecule has 0 saturated heterocycles. The first kappa shape index (κ1) is 26.9. The van der Waals surface area contributed by atoms with Gasteiger partial charge in [0.2, 0.25) is 5.91 Å². The van der Waals surface area contributed by atoms with Crippen molar-refractivity contribution >= 4 is 17.3 Å². The van der Waals surface area contributed by atoms with Gasteiger partial charge in [-0.3, -0.25) is 4.79 Å². The summed E-state index contributed by atoms with van der Waals surface area (Å²) in [5.74, 6) is -0.260. The molecule has 0 radical (unpaired) electrons. The summed E-state index contributed by atoms with van der Waals surface area (Å²) < 4.78 is 84.3. The van der Waals surface area contributed by atoms with Gasteiger partial charge in [0.1, 0.15) is 11.5 Å². The quantitative estimate of drug-likeness (QED) is 0.348. The predicted molar refractivity (Wildman–Crippen MR) is 125 cm³/mol. The van der Waals surface area contributed by atoms with Gasteiger partial charge in [-0.15, -0.1) is 0 Å². The molecule has 0 spiro atoms. The second kappa shape index (κ2) is 10.5. The molecule has 1 atom stereocenters. The highest BCUT2D eigenvalue weighted by atomic mass is 19.4. The first-order valence-corrected chi connectivity index (χ1v) is 11.1. The van der Waals surface area contributed by atoms with E-state index in [0.29, 0.717) is 11.3 Å². The zero-order valence-electron chi connectivity index (χ0n) is 19.6. The van der Waals surface area contributed by atoms with Crippen LogP contribution in [0, 0.1) is 6.92 Å². The summed E-state index contributed by atoms with van der Waals surface area (Å²) in [6, 6.07) is 12.4. The van der Waals surface area contributed by atoms with E-state index in [4.69, 9.17) is 4.74 Å². The molecule has 10 heteroatoms. The molecule has 1 aliphatic heterocycles. The van der Waals surface area contributed by atoms with Gasteiger partial charge < -0.3 is 15.4 Å². The summed E-state index contributed by atoms with van der Waals surface area (Å²) in [6.45, 7) is 5.33. The number of hydrogen-bond donors (Lipinski definition) is 2. The number of rotatable bonds is 3. The number of hydrogen-bond acceptors (Lipinski definition) is 3. The number of halogens is 6. The van der Waals surface area contributed by atoms with Crippen LogP contribution in [-0.2, 0) is 17.1 Å². The minimum Gasteiger partial charge on any atom is -0.457 e. The molecular weight excluding hydrogens is 486 g/mol. The molecule has 3 aromatic rings. The monoisotopic (exact) mass is 510 g/mol. The maximum Gasteiger partial charge on any atom is 0.416 e. The Kier molecular flexibility index (Phi) is 7.86. The third kappa shape index (κ3) is 6.30. The van der Waals surface area contributed by atoms with Crippen molar-refractivity contribution in [2.24, 2.45) is 0 Å². The number of carbonyl (C=O) groups excluding carboxylic acids is 1. The number of fused-ring (bicyclic) bond motifs is 1. The standard InChI is InChI=1S/C24H18F6N2O2.C2H6/c1-13-8-20-21(11-18(13)24(28,29)30)32-22(33)12-19(31-20)14-4-2-6-16(9-14)34-17-7-3-5-15(10-17)23(25,26)27;1-2/h2-11,19,31H,12H2,1H3,(H,32,33);1-2H3. The van der Waals surface area contributed by atoms with E-state index in [1.807, 2.05) is 13.8 Å². The molecule has 1 amide bonds. The van der Waals surface area contributed by atoms with Crippen molar-refractivity contribution in [2.45, 2.75) is 45.6 Å². The van der Waals surface area contributed by atoms with E-state index in [2.05, 4.69) is 10.6 Å². The van der Waals surface area contributed by atoms with E-state index >= 15 is 0 Å². The molecule has 36 heavy (non-hydrogen) atoms. The van der Waals surface area contributed by atoms with Gasteiger partial charge in [0.25, 0.3) is 0 Å². The molecule has 1 unspecified atom stereocenters. The van der Waals surface area contributed by atoms with Crippen LogP contribution in [0.5, 0.6) is 11.5 Å². The van der Waals surface area contributed by atoms with Crippen molar-refractivity contribution in [1.29, 1.82) is 0 Å². The fraction of sp³-hybridized carbons (Fsp3) is 0.269. The lowest BCUT2D eigenvalue weighted by atomic mass is 10.0. The van der Waals surface area contributed by atoms with E-state index in [1.165, 1.54) is 25.1 Å². The van der Waals surface area contributed by atoms with Gasteiger partial charge in [0, 0.05) is 0 Å². The van der Waals surface area contributed by atoms with E-state index in [0.717, 1.165) is 18.2 Å². The van der Waals surface area contributed by atoms with Crippen LogP contribution < -0.4 is 15.4 Å². The highest BCUT2D eigenvalue weighted by Crippen LogP contribution is 2.40. The van der Waals surface area contributed by atoms with Crippen molar-refractivity contribution in [3.8, 4) is 11.5 Å². The van der Waals surface area contributed by atoms with Gasteiger partial charge in [-0.2, -0.15) is 26.3 Å². The molecule has 4 nitrogen and oxygen atoms in total. The third-order valence-corrected chi connectivity index (χ3v) is 5.32. The molecule has 0 bridgehead atoms. The molecule has 192 valence electrons. The van der Waals surface area contributed by atoms with E-state index < -0.39 is 35.4 Å². The second-order valence-electron chi connectivity index (χ2n) is 7.86. The molecule has 2 N–H and O–H groups in total. The lowest BCUT2D eigenvalue weighted by Gasteiger charge is -2.20. The lowest BCUT2D eigenvalue weighted by Crippen LogP contribution is -2.15. The molecule has 0 saturated carbocycles. The number of alkyl halides is 6. The Bertz CT molecular complexity index is 1240. The number of ether oxygens (including phenoxy) is 1. The molecule has 4 rings (SSSR count). The smallest absolute Gasteiger partial charge is 0.416 e. The number of anilines is 2. The average Bonchev–Trinajstić information content (AvgIpc) is 2.97. The summed E-state index contributed by atoms with van der Waals surface area (Å²) in [7, 11) is 0. The van der Waals surface area contributed by atoms with Gasteiger partial charge in [-0.1, -0.05) is 32.0 Å². The third-order valence-electron chi connectivity index (χ3n) is 5.32. The van der Waals surface area contributed by atoms with Crippen LogP contribution in [-0.4, -0.2) is 5.91 Å². The SMILES string of the molecule is CC.Cc1cc2c(cc1C(F)(F)F)NC(=O)CC(c1cccc(Oc3cccc(C(F)(F)F)c3)c1)N2. The zero-order valence-corrected chi connectivity index (χ0v) is 19.6. The summed E-state index contributed by atoms with van der Waals surface area (Å²) in [6.07, 6.45) is -9.16. The van der Waals surface area contributed by atoms with Gasteiger partial charge in [0.05, 0.1) is 35.0 Å². The summed E-state index contributed by atoms with van der Waals surface area (Å²) in [5.41, 5.74) is -0.788. The number of aryl methyl sites for hydroxylation is 1. The molecule has 0 fully saturated rings. The summed E-state index contributed by atoms with van der Waals surface area (Å²) >= 11 is 0. The molecule has 0 aromatic heterocycles. The van der Waals surface area contributed by atoms with Crippen molar-refractivity contribution in [3.63, 3.8) is 0 Å². The van der Waals surface area contributed by atoms with Gasteiger partial charge in [-0.25, -0.2) is 0 Å². The molecular formula is C26H24F6N2O2. The Morgan fingerprint density at radius 1 is 0.833 bits per heavy atom. The van der Waals surface area contributed by atoms with Crippen molar-refractivity contribution in [2.75, 3.05) is 10.6 Å². The summed E-state index contributed by atoms with van der Waals surface area (Å²) in [4.78, 5) is 12.4. The maximum atomic E-state index is 13.3. The van der Waals surface area contributed by atoms with Crippen LogP contribution in [0.25, 0.3) is 0 Å². The van der Waals surface area contributed by atoms with Crippen molar-refractivity contribution in [3.05, 3.63) is 82.9 Å².